The highest BCUT2D eigenvalue weighted by Gasteiger charge is 2.42. The van der Waals surface area contributed by atoms with Gasteiger partial charge in [-0.3, -0.25) is 4.79 Å². The summed E-state index contributed by atoms with van der Waals surface area (Å²) in [7, 11) is 3.38. The molecule has 1 atom stereocenters. The zero-order valence-corrected chi connectivity index (χ0v) is 17.3. The summed E-state index contributed by atoms with van der Waals surface area (Å²) in [6.07, 6.45) is 4.60. The molecule has 0 saturated carbocycles. The van der Waals surface area contributed by atoms with Gasteiger partial charge in [-0.25, -0.2) is 0 Å². The molecule has 0 aromatic heterocycles. The van der Waals surface area contributed by atoms with Crippen LogP contribution >= 0.6 is 0 Å². The van der Waals surface area contributed by atoms with Crippen molar-refractivity contribution in [3.8, 4) is 5.75 Å². The molecule has 0 aliphatic carbocycles. The van der Waals surface area contributed by atoms with E-state index in [1.165, 1.54) is 5.56 Å². The summed E-state index contributed by atoms with van der Waals surface area (Å²) >= 11 is 0. The Balaban J connectivity index is 1.86. The van der Waals surface area contributed by atoms with E-state index < -0.39 is 0 Å². The molecular formula is C22H35NO4. The molecule has 1 fully saturated rings. The lowest BCUT2D eigenvalue weighted by Crippen LogP contribution is -2.48. The summed E-state index contributed by atoms with van der Waals surface area (Å²) in [5.74, 6) is 0.849. The second-order valence-electron chi connectivity index (χ2n) is 7.52. The third-order valence-electron chi connectivity index (χ3n) is 5.88. The molecule has 2 rings (SSSR count). The van der Waals surface area contributed by atoms with Crippen molar-refractivity contribution in [3.63, 3.8) is 0 Å². The topological polar surface area (TPSA) is 48.0 Å². The van der Waals surface area contributed by atoms with Gasteiger partial charge in [0.05, 0.1) is 19.1 Å². The smallest absolute Gasteiger partial charge is 0.312 e. The first-order valence-corrected chi connectivity index (χ1v) is 10.1. The number of aryl methyl sites for hydroxylation is 1. The summed E-state index contributed by atoms with van der Waals surface area (Å²) < 4.78 is 15.8. The van der Waals surface area contributed by atoms with Crippen molar-refractivity contribution in [1.29, 1.82) is 0 Å². The zero-order valence-electron chi connectivity index (χ0n) is 17.3. The zero-order chi connectivity index (χ0) is 19.7. The largest absolute Gasteiger partial charge is 0.497 e. The standard InChI is InChI=1S/C22H35NO4/c1-5-27-21(24)22(14-17-25-3)12-15-23(16-13-22)18(2)6-7-19-8-10-20(26-4)11-9-19/h8-11,18H,5-7,12-17H2,1-4H3/t18-/m1/s1. The molecule has 1 aliphatic heterocycles. The molecule has 0 unspecified atom stereocenters. The van der Waals surface area contributed by atoms with Gasteiger partial charge in [0.2, 0.25) is 0 Å². The maximum absolute atomic E-state index is 12.6. The molecule has 1 aliphatic rings. The fourth-order valence-corrected chi connectivity index (χ4v) is 3.88. The number of rotatable bonds is 10. The lowest BCUT2D eigenvalue weighted by atomic mass is 9.75. The molecule has 0 N–H and O–H groups in total. The molecule has 5 nitrogen and oxygen atoms in total. The third kappa shape index (κ3) is 5.94. The Hall–Kier alpha value is -1.59. The Kier molecular flexibility index (Phi) is 8.58. The predicted octanol–water partition coefficient (Wildman–Crippen LogP) is 3.70. The van der Waals surface area contributed by atoms with E-state index in [1.54, 1.807) is 14.2 Å². The number of ether oxygens (including phenoxy) is 3. The number of likely N-dealkylation sites (tertiary alicyclic amines) is 1. The summed E-state index contributed by atoms with van der Waals surface area (Å²) in [4.78, 5) is 15.1. The number of hydrogen-bond donors (Lipinski definition) is 0. The van der Waals surface area contributed by atoms with Crippen LogP contribution in [-0.2, 0) is 20.7 Å². The number of hydrogen-bond acceptors (Lipinski definition) is 5. The highest BCUT2D eigenvalue weighted by atomic mass is 16.5. The van der Waals surface area contributed by atoms with Gasteiger partial charge in [-0.15, -0.1) is 0 Å². The average Bonchev–Trinajstić information content (AvgIpc) is 2.71. The molecule has 5 heteroatoms. The lowest BCUT2D eigenvalue weighted by molar-refractivity contribution is -0.160. The van der Waals surface area contributed by atoms with Crippen LogP contribution in [0.1, 0.15) is 45.1 Å². The molecule has 1 heterocycles. The normalized spacial score (nSPS) is 18.1. The Morgan fingerprint density at radius 1 is 1.19 bits per heavy atom. The number of carbonyl (C=O) groups excluding carboxylic acids is 1. The summed E-state index contributed by atoms with van der Waals surface area (Å²) in [6.45, 7) is 7.08. The van der Waals surface area contributed by atoms with Gasteiger partial charge < -0.3 is 19.1 Å². The summed E-state index contributed by atoms with van der Waals surface area (Å²) in [6, 6.07) is 8.81. The number of carbonyl (C=O) groups is 1. The maximum Gasteiger partial charge on any atom is 0.312 e. The maximum atomic E-state index is 12.6. The molecule has 0 spiro atoms. The van der Waals surface area contributed by atoms with Crippen LogP contribution in [0.25, 0.3) is 0 Å². The Morgan fingerprint density at radius 3 is 2.41 bits per heavy atom. The fourth-order valence-electron chi connectivity index (χ4n) is 3.88. The van der Waals surface area contributed by atoms with Crippen molar-refractivity contribution in [2.75, 3.05) is 40.5 Å². The van der Waals surface area contributed by atoms with E-state index in [0.717, 1.165) is 50.9 Å². The van der Waals surface area contributed by atoms with Crippen molar-refractivity contribution < 1.29 is 19.0 Å². The van der Waals surface area contributed by atoms with Gasteiger partial charge in [0.1, 0.15) is 5.75 Å². The first kappa shape index (κ1) is 21.7. The predicted molar refractivity (Wildman–Crippen MR) is 107 cm³/mol. The van der Waals surface area contributed by atoms with Gasteiger partial charge in [0.15, 0.2) is 0 Å². The number of methoxy groups -OCH3 is 2. The minimum atomic E-state index is -0.377. The van der Waals surface area contributed by atoms with Crippen LogP contribution in [-0.4, -0.2) is 57.4 Å². The number of benzene rings is 1. The van der Waals surface area contributed by atoms with Gasteiger partial charge in [-0.1, -0.05) is 12.1 Å². The SMILES string of the molecule is CCOC(=O)C1(CCOC)CCN([C@H](C)CCc2ccc(OC)cc2)CC1. The Bertz CT molecular complexity index is 564. The Labute approximate surface area is 164 Å². The van der Waals surface area contributed by atoms with Crippen molar-refractivity contribution in [1.82, 2.24) is 4.90 Å². The number of nitrogens with zero attached hydrogens (tertiary/aromatic N) is 1. The third-order valence-corrected chi connectivity index (χ3v) is 5.88. The average molecular weight is 378 g/mol. The van der Waals surface area contributed by atoms with Gasteiger partial charge in [0, 0.05) is 19.8 Å². The molecule has 0 amide bonds. The van der Waals surface area contributed by atoms with Crippen LogP contribution in [0.4, 0.5) is 0 Å². The monoisotopic (exact) mass is 377 g/mol. The fraction of sp³-hybridized carbons (Fsp3) is 0.682. The van der Waals surface area contributed by atoms with Crippen LogP contribution in [0.15, 0.2) is 24.3 Å². The van der Waals surface area contributed by atoms with Crippen LogP contribution in [0.3, 0.4) is 0 Å². The van der Waals surface area contributed by atoms with E-state index in [0.29, 0.717) is 19.3 Å². The second-order valence-corrected chi connectivity index (χ2v) is 7.52. The molecular weight excluding hydrogens is 342 g/mol. The molecule has 1 saturated heterocycles. The molecule has 1 aromatic rings. The minimum Gasteiger partial charge on any atom is -0.497 e. The van der Waals surface area contributed by atoms with Crippen molar-refractivity contribution in [3.05, 3.63) is 29.8 Å². The van der Waals surface area contributed by atoms with Crippen molar-refractivity contribution in [2.24, 2.45) is 5.41 Å². The van der Waals surface area contributed by atoms with Crippen molar-refractivity contribution >= 4 is 5.97 Å². The Morgan fingerprint density at radius 2 is 1.85 bits per heavy atom. The van der Waals surface area contributed by atoms with Gasteiger partial charge in [0.25, 0.3) is 0 Å². The molecule has 1 aromatic carbocycles. The lowest BCUT2D eigenvalue weighted by Gasteiger charge is -2.42. The van der Waals surface area contributed by atoms with Crippen molar-refractivity contribution in [2.45, 2.75) is 52.0 Å². The first-order chi connectivity index (χ1) is 13.0. The molecule has 0 bridgehead atoms. The van der Waals surface area contributed by atoms with E-state index in [2.05, 4.69) is 24.0 Å². The van der Waals surface area contributed by atoms with Crippen LogP contribution in [0.5, 0.6) is 5.75 Å². The molecule has 27 heavy (non-hydrogen) atoms. The van der Waals surface area contributed by atoms with Gasteiger partial charge in [-0.2, -0.15) is 0 Å². The highest BCUT2D eigenvalue weighted by molar-refractivity contribution is 5.77. The van der Waals surface area contributed by atoms with E-state index in [9.17, 15) is 4.79 Å². The highest BCUT2D eigenvalue weighted by Crippen LogP contribution is 2.37. The number of esters is 1. The van der Waals surface area contributed by atoms with Crippen LogP contribution < -0.4 is 4.74 Å². The first-order valence-electron chi connectivity index (χ1n) is 10.1. The summed E-state index contributed by atoms with van der Waals surface area (Å²) in [5.41, 5.74) is 0.957. The molecule has 152 valence electrons. The quantitative estimate of drug-likeness (QED) is 0.582. The van der Waals surface area contributed by atoms with E-state index in [1.807, 2.05) is 19.1 Å². The van der Waals surface area contributed by atoms with Gasteiger partial charge in [-0.05, 0) is 76.7 Å². The number of piperidine rings is 1. The van der Waals surface area contributed by atoms with E-state index in [-0.39, 0.29) is 11.4 Å². The van der Waals surface area contributed by atoms with E-state index >= 15 is 0 Å². The minimum absolute atomic E-state index is 0.0485. The molecule has 0 radical (unpaired) electrons. The second kappa shape index (κ2) is 10.7. The van der Waals surface area contributed by atoms with Crippen LogP contribution in [0.2, 0.25) is 0 Å². The van der Waals surface area contributed by atoms with E-state index in [4.69, 9.17) is 14.2 Å². The summed E-state index contributed by atoms with van der Waals surface area (Å²) in [5, 5.41) is 0. The van der Waals surface area contributed by atoms with Gasteiger partial charge >= 0.3 is 5.97 Å². The van der Waals surface area contributed by atoms with Crippen LogP contribution in [0, 0.1) is 5.41 Å².